The molecule has 0 aromatic heterocycles. The van der Waals surface area contributed by atoms with E-state index in [1.165, 1.54) is 17.1 Å². The third-order valence-electron chi connectivity index (χ3n) is 6.19. The first-order chi connectivity index (χ1) is 13.3. The minimum absolute atomic E-state index is 0.0502. The second-order valence-corrected chi connectivity index (χ2v) is 10.9. The van der Waals surface area contributed by atoms with Gasteiger partial charge in [0.1, 0.15) is 0 Å². The van der Waals surface area contributed by atoms with Crippen molar-refractivity contribution in [3.8, 4) is 0 Å². The third-order valence-corrected chi connectivity index (χ3v) is 8.57. The Balaban J connectivity index is 1.50. The second kappa shape index (κ2) is 9.24. The van der Waals surface area contributed by atoms with E-state index >= 15 is 0 Å². The summed E-state index contributed by atoms with van der Waals surface area (Å²) in [7, 11) is -3.50. The first-order valence-corrected chi connectivity index (χ1v) is 12.3. The lowest BCUT2D eigenvalue weighted by Crippen LogP contribution is -2.52. The summed E-state index contributed by atoms with van der Waals surface area (Å²) in [5.41, 5.74) is 0. The van der Waals surface area contributed by atoms with Crippen LogP contribution < -0.4 is 5.32 Å². The highest BCUT2D eigenvalue weighted by Gasteiger charge is 2.31. The van der Waals surface area contributed by atoms with E-state index in [4.69, 9.17) is 0 Å². The van der Waals surface area contributed by atoms with Crippen LogP contribution in [-0.2, 0) is 14.8 Å². The van der Waals surface area contributed by atoms with Gasteiger partial charge in [-0.3, -0.25) is 9.69 Å². The number of halogens is 1. The van der Waals surface area contributed by atoms with Gasteiger partial charge >= 0.3 is 0 Å². The quantitative estimate of drug-likeness (QED) is 0.716. The summed E-state index contributed by atoms with van der Waals surface area (Å²) in [6.07, 6.45) is 3.46. The van der Waals surface area contributed by atoms with E-state index in [0.717, 1.165) is 10.9 Å². The first kappa shape index (κ1) is 21.7. The van der Waals surface area contributed by atoms with Crippen molar-refractivity contribution in [1.29, 1.82) is 0 Å². The summed E-state index contributed by atoms with van der Waals surface area (Å²) in [4.78, 5) is 14.8. The van der Waals surface area contributed by atoms with Crippen LogP contribution in [0.25, 0.3) is 0 Å². The molecule has 1 aromatic carbocycles. The normalized spacial score (nSPS) is 27.5. The minimum atomic E-state index is -3.50. The number of carbonyl (C=O) groups excluding carboxylic acids is 1. The number of carbonyl (C=O) groups is 1. The second-order valence-electron chi connectivity index (χ2n) is 8.08. The van der Waals surface area contributed by atoms with Crippen molar-refractivity contribution >= 4 is 31.9 Å². The van der Waals surface area contributed by atoms with Gasteiger partial charge in [0, 0.05) is 36.7 Å². The van der Waals surface area contributed by atoms with Gasteiger partial charge in [-0.15, -0.1) is 0 Å². The van der Waals surface area contributed by atoms with Crippen molar-refractivity contribution in [3.05, 3.63) is 28.7 Å². The smallest absolute Gasteiger partial charge is 0.243 e. The average Bonchev–Trinajstić information content (AvgIpc) is 2.66. The molecule has 156 valence electrons. The van der Waals surface area contributed by atoms with Gasteiger partial charge in [0.15, 0.2) is 0 Å². The number of amides is 1. The van der Waals surface area contributed by atoms with Crippen molar-refractivity contribution in [2.75, 3.05) is 32.7 Å². The fourth-order valence-corrected chi connectivity index (χ4v) is 6.17. The lowest BCUT2D eigenvalue weighted by molar-refractivity contribution is -0.124. The van der Waals surface area contributed by atoms with Crippen molar-refractivity contribution in [2.45, 2.75) is 44.0 Å². The maximum absolute atomic E-state index is 12.8. The lowest BCUT2D eigenvalue weighted by Gasteiger charge is -2.36. The Labute approximate surface area is 176 Å². The number of nitrogens with one attached hydrogen (secondary N) is 1. The molecule has 1 N–H and O–H groups in total. The zero-order chi connectivity index (χ0) is 20.3. The summed E-state index contributed by atoms with van der Waals surface area (Å²) in [5.74, 6) is 1.20. The molecule has 3 atom stereocenters. The van der Waals surface area contributed by atoms with Gasteiger partial charge < -0.3 is 5.32 Å². The molecule has 0 spiro atoms. The first-order valence-electron chi connectivity index (χ1n) is 10.0. The highest BCUT2D eigenvalue weighted by Crippen LogP contribution is 2.29. The van der Waals surface area contributed by atoms with Crippen molar-refractivity contribution in [1.82, 2.24) is 14.5 Å². The van der Waals surface area contributed by atoms with Crippen LogP contribution in [-0.4, -0.2) is 62.3 Å². The van der Waals surface area contributed by atoms with Crippen molar-refractivity contribution in [3.63, 3.8) is 0 Å². The summed E-state index contributed by atoms with van der Waals surface area (Å²) in [6, 6.07) is 7.04. The molecule has 1 aliphatic carbocycles. The lowest BCUT2D eigenvalue weighted by atomic mass is 9.78. The van der Waals surface area contributed by atoms with Crippen LogP contribution in [0.3, 0.4) is 0 Å². The molecule has 2 fully saturated rings. The van der Waals surface area contributed by atoms with Crippen LogP contribution in [0.5, 0.6) is 0 Å². The number of rotatable bonds is 5. The van der Waals surface area contributed by atoms with Gasteiger partial charge in [-0.25, -0.2) is 8.42 Å². The minimum Gasteiger partial charge on any atom is -0.352 e. The Morgan fingerprint density at radius 2 is 1.89 bits per heavy atom. The Kier molecular flexibility index (Phi) is 7.17. The van der Waals surface area contributed by atoms with Gasteiger partial charge in [0.25, 0.3) is 0 Å². The fourth-order valence-electron chi connectivity index (χ4n) is 4.15. The topological polar surface area (TPSA) is 69.7 Å². The van der Waals surface area contributed by atoms with Crippen LogP contribution in [0.1, 0.15) is 33.1 Å². The number of benzene rings is 1. The van der Waals surface area contributed by atoms with Crippen LogP contribution >= 0.6 is 15.9 Å². The fraction of sp³-hybridized carbons (Fsp3) is 0.650. The summed E-state index contributed by atoms with van der Waals surface area (Å²) >= 11 is 3.33. The Bertz CT molecular complexity index is 794. The van der Waals surface area contributed by atoms with E-state index < -0.39 is 10.0 Å². The number of nitrogens with zero attached hydrogens (tertiary/aromatic N) is 2. The molecule has 2 aliphatic rings. The van der Waals surface area contributed by atoms with E-state index in [0.29, 0.717) is 49.5 Å². The Morgan fingerprint density at radius 3 is 2.57 bits per heavy atom. The van der Waals surface area contributed by atoms with Gasteiger partial charge in [-0.05, 0) is 36.5 Å². The third kappa shape index (κ3) is 5.14. The largest absolute Gasteiger partial charge is 0.352 e. The van der Waals surface area contributed by atoms with Crippen molar-refractivity contribution in [2.24, 2.45) is 11.8 Å². The molecule has 3 rings (SSSR count). The Morgan fingerprint density at radius 1 is 1.18 bits per heavy atom. The molecule has 1 aromatic rings. The number of hydrogen-bond donors (Lipinski definition) is 1. The zero-order valence-corrected chi connectivity index (χ0v) is 19.0. The molecule has 0 bridgehead atoms. The zero-order valence-electron chi connectivity index (χ0n) is 16.6. The van der Waals surface area contributed by atoms with Crippen LogP contribution in [0.4, 0.5) is 0 Å². The monoisotopic (exact) mass is 471 g/mol. The van der Waals surface area contributed by atoms with Crippen LogP contribution in [0.15, 0.2) is 33.6 Å². The molecule has 0 radical (unpaired) electrons. The maximum atomic E-state index is 12.8. The molecule has 1 aliphatic heterocycles. The predicted octanol–water partition coefficient (Wildman–Crippen LogP) is 2.70. The molecular weight excluding hydrogens is 442 g/mol. The molecule has 1 amide bonds. The summed E-state index contributed by atoms with van der Waals surface area (Å²) < 4.78 is 27.9. The molecule has 1 heterocycles. The van der Waals surface area contributed by atoms with Gasteiger partial charge in [-0.2, -0.15) is 4.31 Å². The highest BCUT2D eigenvalue weighted by molar-refractivity contribution is 9.10. The van der Waals surface area contributed by atoms with Crippen LogP contribution in [0, 0.1) is 11.8 Å². The van der Waals surface area contributed by atoms with Gasteiger partial charge in [0.05, 0.1) is 11.4 Å². The average molecular weight is 472 g/mol. The maximum Gasteiger partial charge on any atom is 0.243 e. The van der Waals surface area contributed by atoms with E-state index in [1.54, 1.807) is 18.2 Å². The van der Waals surface area contributed by atoms with E-state index in [1.807, 2.05) is 11.0 Å². The molecule has 8 heteroatoms. The molecule has 0 unspecified atom stereocenters. The highest BCUT2D eigenvalue weighted by atomic mass is 79.9. The van der Waals surface area contributed by atoms with Crippen LogP contribution in [0.2, 0.25) is 0 Å². The van der Waals surface area contributed by atoms with E-state index in [2.05, 4.69) is 35.1 Å². The molecule has 6 nitrogen and oxygen atoms in total. The van der Waals surface area contributed by atoms with Gasteiger partial charge in [-0.1, -0.05) is 48.7 Å². The molecule has 1 saturated heterocycles. The Hall–Kier alpha value is -0.960. The number of piperazine rings is 1. The summed E-state index contributed by atoms with van der Waals surface area (Å²) in [6.45, 7) is 6.75. The standard InChI is InChI=1S/C20H30BrN3O3S/c1-15-5-3-8-19(16(15)2)22-20(25)14-23-9-11-24(12-10-23)28(26,27)18-7-4-6-17(21)13-18/h4,6-7,13,15-16,19H,3,5,8-12,14H2,1-2H3,(H,22,25)/t15-,16+,19-/m1/s1. The van der Waals surface area contributed by atoms with Crippen molar-refractivity contribution < 1.29 is 13.2 Å². The summed E-state index contributed by atoms with van der Waals surface area (Å²) in [5, 5.41) is 3.20. The van der Waals surface area contributed by atoms with E-state index in [9.17, 15) is 13.2 Å². The number of sulfonamides is 1. The molecular formula is C20H30BrN3O3S. The number of hydrogen-bond acceptors (Lipinski definition) is 4. The SMILES string of the molecule is C[C@H]1[C@H](C)CCC[C@H]1NC(=O)CN1CCN(S(=O)(=O)c2cccc(Br)c2)CC1. The van der Waals surface area contributed by atoms with Gasteiger partial charge in [0.2, 0.25) is 15.9 Å². The molecule has 28 heavy (non-hydrogen) atoms. The van der Waals surface area contributed by atoms with E-state index in [-0.39, 0.29) is 11.9 Å². The molecule has 1 saturated carbocycles. The predicted molar refractivity (Wildman–Crippen MR) is 113 cm³/mol.